The predicted molar refractivity (Wildman–Crippen MR) is 123 cm³/mol. The van der Waals surface area contributed by atoms with Gasteiger partial charge in [0, 0.05) is 24.0 Å². The summed E-state index contributed by atoms with van der Waals surface area (Å²) in [6.45, 7) is 4.19. The minimum absolute atomic E-state index is 0.154. The van der Waals surface area contributed by atoms with Crippen LogP contribution in [0.5, 0.6) is 5.75 Å². The van der Waals surface area contributed by atoms with Crippen molar-refractivity contribution in [1.82, 2.24) is 29.2 Å². The molecule has 1 aliphatic rings. The molecule has 0 unspecified atom stereocenters. The van der Waals surface area contributed by atoms with Crippen molar-refractivity contribution in [2.75, 3.05) is 13.7 Å². The summed E-state index contributed by atoms with van der Waals surface area (Å²) in [5.74, 6) is 1.87. The number of nitrogens with zero attached hydrogens (tertiary/aromatic N) is 6. The van der Waals surface area contributed by atoms with E-state index in [1.807, 2.05) is 24.3 Å². The third-order valence-corrected chi connectivity index (χ3v) is 6.37. The minimum Gasteiger partial charge on any atom is -0.497 e. The Labute approximate surface area is 191 Å². The first kappa shape index (κ1) is 21.4. The highest BCUT2D eigenvalue weighted by Crippen LogP contribution is 2.22. The van der Waals surface area contributed by atoms with Crippen LogP contribution in [0.2, 0.25) is 0 Å². The largest absolute Gasteiger partial charge is 0.497 e. The number of fused-ring (bicyclic) bond motifs is 1. The molecule has 1 atom stereocenters. The maximum absolute atomic E-state index is 13.1. The van der Waals surface area contributed by atoms with Crippen LogP contribution in [-0.2, 0) is 13.1 Å². The molecule has 0 N–H and O–H groups in total. The van der Waals surface area contributed by atoms with Crippen LogP contribution in [0.1, 0.15) is 44.3 Å². The van der Waals surface area contributed by atoms with E-state index in [0.717, 1.165) is 30.0 Å². The van der Waals surface area contributed by atoms with Crippen LogP contribution >= 0.6 is 0 Å². The molecule has 1 saturated heterocycles. The van der Waals surface area contributed by atoms with Crippen LogP contribution in [0, 0.1) is 0 Å². The highest BCUT2D eigenvalue weighted by atomic mass is 16.5. The first-order valence-electron chi connectivity index (χ1n) is 11.4. The van der Waals surface area contributed by atoms with E-state index in [2.05, 4.69) is 27.1 Å². The quantitative estimate of drug-likeness (QED) is 0.428. The zero-order valence-electron chi connectivity index (χ0n) is 19.0. The molecule has 0 bridgehead atoms. The minimum atomic E-state index is -0.154. The average molecular weight is 449 g/mol. The monoisotopic (exact) mass is 448 g/mol. The van der Waals surface area contributed by atoms with E-state index in [0.29, 0.717) is 29.8 Å². The van der Waals surface area contributed by atoms with Crippen molar-refractivity contribution in [2.24, 2.45) is 0 Å². The molecule has 5 rings (SSSR count). The first-order chi connectivity index (χ1) is 16.1. The van der Waals surface area contributed by atoms with Gasteiger partial charge in [-0.25, -0.2) is 4.52 Å². The van der Waals surface area contributed by atoms with Gasteiger partial charge in [-0.15, -0.1) is 0 Å². The van der Waals surface area contributed by atoms with Crippen molar-refractivity contribution < 1.29 is 9.26 Å². The van der Waals surface area contributed by atoms with Crippen LogP contribution in [0.15, 0.2) is 52.0 Å². The zero-order valence-corrected chi connectivity index (χ0v) is 19.0. The topological polar surface area (TPSA) is 90.7 Å². The molecule has 3 aromatic heterocycles. The van der Waals surface area contributed by atoms with Crippen LogP contribution in [0.4, 0.5) is 0 Å². The molecule has 1 aliphatic heterocycles. The Balaban J connectivity index is 1.34. The summed E-state index contributed by atoms with van der Waals surface area (Å²) in [5.41, 5.74) is 1.97. The number of aromatic nitrogens is 5. The van der Waals surface area contributed by atoms with Gasteiger partial charge < -0.3 is 13.8 Å². The van der Waals surface area contributed by atoms with Gasteiger partial charge in [-0.2, -0.15) is 10.1 Å². The van der Waals surface area contributed by atoms with Gasteiger partial charge >= 0.3 is 0 Å². The van der Waals surface area contributed by atoms with E-state index < -0.39 is 0 Å². The van der Waals surface area contributed by atoms with Gasteiger partial charge in [-0.3, -0.25) is 9.69 Å². The SMILES string of the molecule is CC[C@@H]1CCCCN1Cc1nc(Cn2ccn3nc(-c4ccc(OC)cc4)cc3c2=O)no1. The van der Waals surface area contributed by atoms with Crippen LogP contribution in [0.25, 0.3) is 16.8 Å². The van der Waals surface area contributed by atoms with Gasteiger partial charge in [0.25, 0.3) is 5.56 Å². The van der Waals surface area contributed by atoms with Gasteiger partial charge in [0.2, 0.25) is 5.89 Å². The Morgan fingerprint density at radius 2 is 2.00 bits per heavy atom. The third-order valence-electron chi connectivity index (χ3n) is 6.37. The predicted octanol–water partition coefficient (Wildman–Crippen LogP) is 3.37. The summed E-state index contributed by atoms with van der Waals surface area (Å²) in [6, 6.07) is 9.96. The molecule has 33 heavy (non-hydrogen) atoms. The molecule has 1 aromatic carbocycles. The van der Waals surface area contributed by atoms with Crippen LogP contribution in [0.3, 0.4) is 0 Å². The van der Waals surface area contributed by atoms with Gasteiger partial charge in [-0.1, -0.05) is 18.5 Å². The lowest BCUT2D eigenvalue weighted by Crippen LogP contribution is -2.38. The summed E-state index contributed by atoms with van der Waals surface area (Å²) < 4.78 is 13.9. The standard InChI is InChI=1S/C24H28N6O3/c1-3-18-6-4-5-11-28(18)16-23-25-22(27-33-23)15-29-12-13-30-21(24(29)31)14-20(26-30)17-7-9-19(32-2)10-8-17/h7-10,12-14,18H,3-6,11,15-16H2,1-2H3/t18-/m1/s1. The summed E-state index contributed by atoms with van der Waals surface area (Å²) in [7, 11) is 1.63. The second-order valence-electron chi connectivity index (χ2n) is 8.45. The number of rotatable bonds is 7. The lowest BCUT2D eigenvalue weighted by atomic mass is 10.0. The van der Waals surface area contributed by atoms with E-state index in [-0.39, 0.29) is 12.1 Å². The molecule has 0 radical (unpaired) electrons. The fourth-order valence-corrected chi connectivity index (χ4v) is 4.53. The molecule has 0 spiro atoms. The number of piperidine rings is 1. The summed E-state index contributed by atoms with van der Waals surface area (Å²) in [4.78, 5) is 20.0. The van der Waals surface area contributed by atoms with Crippen molar-refractivity contribution >= 4 is 5.52 Å². The number of hydrogen-bond acceptors (Lipinski definition) is 7. The van der Waals surface area contributed by atoms with Gasteiger partial charge in [0.15, 0.2) is 5.82 Å². The molecule has 172 valence electrons. The highest BCUT2D eigenvalue weighted by Gasteiger charge is 2.23. The van der Waals surface area contributed by atoms with Crippen molar-refractivity contribution in [3.63, 3.8) is 0 Å². The number of hydrogen-bond donors (Lipinski definition) is 0. The van der Waals surface area contributed by atoms with Crippen molar-refractivity contribution in [2.45, 2.75) is 51.7 Å². The fraction of sp³-hybridized carbons (Fsp3) is 0.417. The molecular weight excluding hydrogens is 420 g/mol. The van der Waals surface area contributed by atoms with E-state index in [9.17, 15) is 4.79 Å². The molecule has 4 heterocycles. The summed E-state index contributed by atoms with van der Waals surface area (Å²) in [5, 5.41) is 8.65. The summed E-state index contributed by atoms with van der Waals surface area (Å²) in [6.07, 6.45) is 8.30. The number of benzene rings is 1. The van der Waals surface area contributed by atoms with Crippen LogP contribution < -0.4 is 10.3 Å². The van der Waals surface area contributed by atoms with Gasteiger partial charge in [0.1, 0.15) is 11.3 Å². The smallest absolute Gasteiger partial charge is 0.277 e. The second-order valence-corrected chi connectivity index (χ2v) is 8.45. The van der Waals surface area contributed by atoms with E-state index in [1.165, 1.54) is 19.3 Å². The van der Waals surface area contributed by atoms with Crippen molar-refractivity contribution in [3.8, 4) is 17.0 Å². The third kappa shape index (κ3) is 4.41. The number of likely N-dealkylation sites (tertiary alicyclic amines) is 1. The Morgan fingerprint density at radius 1 is 1.15 bits per heavy atom. The van der Waals surface area contributed by atoms with Gasteiger partial charge in [-0.05, 0) is 56.1 Å². The normalized spacial score (nSPS) is 17.0. The number of methoxy groups -OCH3 is 1. The van der Waals surface area contributed by atoms with E-state index >= 15 is 0 Å². The molecule has 4 aromatic rings. The molecule has 0 saturated carbocycles. The Kier molecular flexibility index (Phi) is 5.95. The molecule has 9 nitrogen and oxygen atoms in total. The van der Waals surface area contributed by atoms with Crippen molar-refractivity contribution in [1.29, 1.82) is 0 Å². The Morgan fingerprint density at radius 3 is 2.79 bits per heavy atom. The number of ether oxygens (including phenoxy) is 1. The highest BCUT2D eigenvalue weighted by molar-refractivity contribution is 5.66. The Hall–Kier alpha value is -3.46. The molecule has 1 fully saturated rings. The zero-order chi connectivity index (χ0) is 22.8. The molecule has 9 heteroatoms. The van der Waals surface area contributed by atoms with Crippen LogP contribution in [-0.4, -0.2) is 48.9 Å². The molecule has 0 aliphatic carbocycles. The maximum Gasteiger partial charge on any atom is 0.277 e. The lowest BCUT2D eigenvalue weighted by Gasteiger charge is -2.33. The van der Waals surface area contributed by atoms with E-state index in [4.69, 9.17) is 9.26 Å². The van der Waals surface area contributed by atoms with E-state index in [1.54, 1.807) is 34.7 Å². The van der Waals surface area contributed by atoms with Gasteiger partial charge in [0.05, 0.1) is 25.9 Å². The average Bonchev–Trinajstić information content (AvgIpc) is 3.49. The molecular formula is C24H28N6O3. The fourth-order valence-electron chi connectivity index (χ4n) is 4.53. The first-order valence-corrected chi connectivity index (χ1v) is 11.4. The second kappa shape index (κ2) is 9.19. The summed E-state index contributed by atoms with van der Waals surface area (Å²) >= 11 is 0. The Bertz CT molecular complexity index is 1290. The molecule has 0 amide bonds. The van der Waals surface area contributed by atoms with Crippen molar-refractivity contribution in [3.05, 3.63) is 64.8 Å². The maximum atomic E-state index is 13.1. The lowest BCUT2D eigenvalue weighted by molar-refractivity contribution is 0.120.